The molecule has 2 heterocycles. The van der Waals surface area contributed by atoms with Gasteiger partial charge in [-0.1, -0.05) is 18.2 Å². The summed E-state index contributed by atoms with van der Waals surface area (Å²) in [6, 6.07) is 16.3. The van der Waals surface area contributed by atoms with Crippen LogP contribution in [0.25, 0.3) is 0 Å². The fraction of sp³-hybridized carbons (Fsp3) is 0.259. The third-order valence-electron chi connectivity index (χ3n) is 5.47. The number of ether oxygens (including phenoxy) is 3. The average Bonchev–Trinajstić information content (AvgIpc) is 3.56. The van der Waals surface area contributed by atoms with Crippen molar-refractivity contribution in [2.24, 2.45) is 0 Å². The summed E-state index contributed by atoms with van der Waals surface area (Å²) in [5.74, 6) is 1.91. The maximum atomic E-state index is 13.5. The second-order valence-electron chi connectivity index (χ2n) is 8.07. The van der Waals surface area contributed by atoms with Gasteiger partial charge in [-0.15, -0.1) is 17.9 Å². The summed E-state index contributed by atoms with van der Waals surface area (Å²) >= 11 is 1.58. The molecule has 0 saturated heterocycles. The van der Waals surface area contributed by atoms with Crippen molar-refractivity contribution in [2.45, 2.75) is 20.0 Å². The van der Waals surface area contributed by atoms with Crippen molar-refractivity contribution in [3.8, 4) is 17.2 Å². The predicted molar refractivity (Wildman–Crippen MR) is 140 cm³/mol. The summed E-state index contributed by atoms with van der Waals surface area (Å²) in [5, 5.41) is 4.83. The molecule has 0 fully saturated rings. The number of anilines is 1. The van der Waals surface area contributed by atoms with Gasteiger partial charge in [-0.2, -0.15) is 0 Å². The van der Waals surface area contributed by atoms with Gasteiger partial charge in [0.25, 0.3) is 0 Å². The highest BCUT2D eigenvalue weighted by Crippen LogP contribution is 2.33. The zero-order chi connectivity index (χ0) is 25.3. The fourth-order valence-electron chi connectivity index (χ4n) is 3.72. The maximum Gasteiger partial charge on any atom is 0.322 e. The van der Waals surface area contributed by atoms with Crippen LogP contribution in [0.4, 0.5) is 10.5 Å². The number of benzene rings is 2. The number of rotatable bonds is 11. The SMILES string of the molecule is C=CCN(CC(=O)N(Cc1ccc2c(c1)OCO2)Cc1cccs1)C(=O)Nc1ccc(OCC)cc1. The number of nitrogens with zero attached hydrogens (tertiary/aromatic N) is 2. The Bertz CT molecular complexity index is 1180. The van der Waals surface area contributed by atoms with Crippen molar-refractivity contribution in [3.63, 3.8) is 0 Å². The van der Waals surface area contributed by atoms with Gasteiger partial charge in [0.1, 0.15) is 12.3 Å². The number of thiophene rings is 1. The van der Waals surface area contributed by atoms with Crippen LogP contribution in [0.1, 0.15) is 17.4 Å². The van der Waals surface area contributed by atoms with Gasteiger partial charge in [0.2, 0.25) is 12.7 Å². The lowest BCUT2D eigenvalue weighted by molar-refractivity contribution is -0.132. The number of nitrogens with one attached hydrogen (secondary N) is 1. The highest BCUT2D eigenvalue weighted by Gasteiger charge is 2.23. The Kier molecular flexibility index (Phi) is 8.46. The van der Waals surface area contributed by atoms with Crippen LogP contribution < -0.4 is 19.5 Å². The maximum absolute atomic E-state index is 13.5. The smallest absolute Gasteiger partial charge is 0.322 e. The molecular formula is C27H29N3O5S. The number of hydrogen-bond donors (Lipinski definition) is 1. The Balaban J connectivity index is 1.46. The van der Waals surface area contributed by atoms with Crippen molar-refractivity contribution in [3.05, 3.63) is 83.1 Å². The van der Waals surface area contributed by atoms with Crippen LogP contribution in [0, 0.1) is 0 Å². The molecule has 0 bridgehead atoms. The minimum atomic E-state index is -0.383. The van der Waals surface area contributed by atoms with Gasteiger partial charge in [-0.25, -0.2) is 4.79 Å². The third kappa shape index (κ3) is 6.57. The second kappa shape index (κ2) is 12.1. The summed E-state index contributed by atoms with van der Waals surface area (Å²) in [4.78, 5) is 30.7. The van der Waals surface area contributed by atoms with E-state index in [0.29, 0.717) is 36.9 Å². The first kappa shape index (κ1) is 25.1. The summed E-state index contributed by atoms with van der Waals surface area (Å²) in [7, 11) is 0. The molecule has 0 spiro atoms. The van der Waals surface area contributed by atoms with Gasteiger partial charge in [0, 0.05) is 23.7 Å². The lowest BCUT2D eigenvalue weighted by Crippen LogP contribution is -2.44. The van der Waals surface area contributed by atoms with Gasteiger partial charge in [-0.3, -0.25) is 4.79 Å². The van der Waals surface area contributed by atoms with E-state index in [4.69, 9.17) is 14.2 Å². The van der Waals surface area contributed by atoms with E-state index in [0.717, 1.165) is 16.2 Å². The van der Waals surface area contributed by atoms with Crippen LogP contribution >= 0.6 is 11.3 Å². The first-order valence-electron chi connectivity index (χ1n) is 11.6. The van der Waals surface area contributed by atoms with Gasteiger partial charge in [0.15, 0.2) is 11.5 Å². The third-order valence-corrected chi connectivity index (χ3v) is 6.33. The molecule has 3 amide bonds. The van der Waals surface area contributed by atoms with Crippen LogP contribution in [-0.4, -0.2) is 48.2 Å². The van der Waals surface area contributed by atoms with E-state index in [1.165, 1.54) is 4.90 Å². The molecule has 4 rings (SSSR count). The van der Waals surface area contributed by atoms with Crippen molar-refractivity contribution in [1.29, 1.82) is 0 Å². The molecule has 1 N–H and O–H groups in total. The van der Waals surface area contributed by atoms with Crippen molar-refractivity contribution in [1.82, 2.24) is 9.80 Å². The average molecular weight is 508 g/mol. The Morgan fingerprint density at radius 2 is 1.89 bits per heavy atom. The molecule has 8 nitrogen and oxygen atoms in total. The molecule has 1 aliphatic rings. The highest BCUT2D eigenvalue weighted by atomic mass is 32.1. The van der Waals surface area contributed by atoms with Gasteiger partial charge in [-0.05, 0) is 60.3 Å². The summed E-state index contributed by atoms with van der Waals surface area (Å²) in [6.07, 6.45) is 1.60. The fourth-order valence-corrected chi connectivity index (χ4v) is 4.44. The monoisotopic (exact) mass is 507 g/mol. The lowest BCUT2D eigenvalue weighted by atomic mass is 10.2. The molecule has 3 aromatic rings. The Hall–Kier alpha value is -3.98. The number of fused-ring (bicyclic) bond motifs is 1. The number of hydrogen-bond acceptors (Lipinski definition) is 6. The number of urea groups is 1. The summed E-state index contributed by atoms with van der Waals surface area (Å²) < 4.78 is 16.3. The quantitative estimate of drug-likeness (QED) is 0.364. The first-order valence-corrected chi connectivity index (χ1v) is 12.5. The Morgan fingerprint density at radius 1 is 1.08 bits per heavy atom. The van der Waals surface area contributed by atoms with Gasteiger partial charge < -0.3 is 29.3 Å². The number of amides is 3. The Labute approximate surface area is 214 Å². The molecule has 1 aromatic heterocycles. The van der Waals surface area contributed by atoms with Crippen LogP contribution in [0.15, 0.2) is 72.6 Å². The molecular weight excluding hydrogens is 478 g/mol. The van der Waals surface area contributed by atoms with Crippen LogP contribution in [-0.2, 0) is 17.9 Å². The summed E-state index contributed by atoms with van der Waals surface area (Å²) in [6.45, 7) is 7.36. The standard InChI is InChI=1S/C27H29N3O5S/c1-3-13-29(27(32)28-21-8-10-22(11-9-21)33-4-2)18-26(31)30(17-23-6-5-14-36-23)16-20-7-12-24-25(15-20)35-19-34-24/h3,5-12,14-15H,1,4,13,16-19H2,2H3,(H,28,32). The van der Waals surface area contributed by atoms with E-state index in [9.17, 15) is 9.59 Å². The minimum Gasteiger partial charge on any atom is -0.494 e. The summed E-state index contributed by atoms with van der Waals surface area (Å²) in [5.41, 5.74) is 1.53. The van der Waals surface area contributed by atoms with E-state index in [1.807, 2.05) is 42.6 Å². The predicted octanol–water partition coefficient (Wildman–Crippen LogP) is 5.12. The zero-order valence-electron chi connectivity index (χ0n) is 20.1. The van der Waals surface area contributed by atoms with Gasteiger partial charge >= 0.3 is 6.03 Å². The second-order valence-corrected chi connectivity index (χ2v) is 9.11. The molecule has 36 heavy (non-hydrogen) atoms. The lowest BCUT2D eigenvalue weighted by Gasteiger charge is -2.27. The van der Waals surface area contributed by atoms with E-state index in [2.05, 4.69) is 11.9 Å². The van der Waals surface area contributed by atoms with Crippen molar-refractivity contribution in [2.75, 3.05) is 31.8 Å². The molecule has 0 saturated carbocycles. The molecule has 2 aromatic carbocycles. The van der Waals surface area contributed by atoms with Crippen LogP contribution in [0.2, 0.25) is 0 Å². The van der Waals surface area contributed by atoms with Gasteiger partial charge in [0.05, 0.1) is 13.2 Å². The van der Waals surface area contributed by atoms with Crippen molar-refractivity contribution >= 4 is 29.0 Å². The molecule has 0 unspecified atom stereocenters. The largest absolute Gasteiger partial charge is 0.494 e. The molecule has 0 radical (unpaired) electrons. The van der Waals surface area contributed by atoms with Crippen LogP contribution in [0.3, 0.4) is 0 Å². The number of carbonyl (C=O) groups is 2. The first-order chi connectivity index (χ1) is 17.6. The number of carbonyl (C=O) groups excluding carboxylic acids is 2. The van der Waals surface area contributed by atoms with E-state index < -0.39 is 0 Å². The van der Waals surface area contributed by atoms with Crippen LogP contribution in [0.5, 0.6) is 17.2 Å². The van der Waals surface area contributed by atoms with Crippen molar-refractivity contribution < 1.29 is 23.8 Å². The van der Waals surface area contributed by atoms with E-state index >= 15 is 0 Å². The molecule has 0 aliphatic carbocycles. The topological polar surface area (TPSA) is 80.3 Å². The Morgan fingerprint density at radius 3 is 2.61 bits per heavy atom. The molecule has 188 valence electrons. The van der Waals surface area contributed by atoms with E-state index in [-0.39, 0.29) is 31.8 Å². The molecule has 0 atom stereocenters. The van der Waals surface area contributed by atoms with E-state index in [1.54, 1.807) is 46.6 Å². The minimum absolute atomic E-state index is 0.0925. The zero-order valence-corrected chi connectivity index (χ0v) is 21.0. The molecule has 1 aliphatic heterocycles. The normalized spacial score (nSPS) is 11.6. The molecule has 9 heteroatoms. The highest BCUT2D eigenvalue weighted by molar-refractivity contribution is 7.09.